The number of piperidine rings is 1. The van der Waals surface area contributed by atoms with E-state index in [0.717, 1.165) is 52.0 Å². The summed E-state index contributed by atoms with van der Waals surface area (Å²) in [6, 6.07) is 3.89. The zero-order valence-corrected chi connectivity index (χ0v) is 26.4. The molecule has 0 radical (unpaired) electrons. The van der Waals surface area contributed by atoms with Crippen LogP contribution in [0.5, 0.6) is 11.5 Å². The molecule has 3 heterocycles. The molecule has 0 saturated carbocycles. The number of hydrogen-bond donors (Lipinski definition) is 0. The number of likely N-dealkylation sites (tertiary alicyclic amines) is 1. The summed E-state index contributed by atoms with van der Waals surface area (Å²) in [5, 5.41) is 0. The lowest BCUT2D eigenvalue weighted by Gasteiger charge is -2.57. The van der Waals surface area contributed by atoms with Gasteiger partial charge in [0.2, 0.25) is 6.29 Å². The minimum atomic E-state index is -1.60. The Morgan fingerprint density at radius 2 is 1.57 bits per heavy atom. The summed E-state index contributed by atoms with van der Waals surface area (Å²) >= 11 is 0. The molecule has 0 amide bonds. The number of likely N-dealkylation sites (N-methyl/N-ethyl adjacent to an activating group) is 1. The number of nitrogens with zero attached hydrogens (tertiary/aromatic N) is 1. The normalized spacial score (nSPS) is 35.2. The molecule has 5 aliphatic rings. The molecule has 2 saturated heterocycles. The first-order valence-electron chi connectivity index (χ1n) is 15.2. The monoisotopic (exact) mass is 643 g/mol. The summed E-state index contributed by atoms with van der Waals surface area (Å²) in [5.74, 6) is -2.94. The second-order valence-electron chi connectivity index (χ2n) is 12.3. The van der Waals surface area contributed by atoms with Crippen LogP contribution in [0.1, 0.15) is 45.2 Å². The molecule has 14 heteroatoms. The summed E-state index contributed by atoms with van der Waals surface area (Å²) in [7, 11) is 3.22. The van der Waals surface area contributed by atoms with Gasteiger partial charge in [-0.3, -0.25) is 19.2 Å². The van der Waals surface area contributed by atoms with E-state index in [1.54, 1.807) is 6.07 Å². The second kappa shape index (κ2) is 12.0. The van der Waals surface area contributed by atoms with Gasteiger partial charge in [0, 0.05) is 50.6 Å². The van der Waals surface area contributed by atoms with Gasteiger partial charge in [-0.1, -0.05) is 18.2 Å². The highest BCUT2D eigenvalue weighted by Gasteiger charge is 2.66. The van der Waals surface area contributed by atoms with Crippen LogP contribution >= 0.6 is 0 Å². The van der Waals surface area contributed by atoms with Crippen LogP contribution in [0.25, 0.3) is 0 Å². The molecule has 0 aromatic heterocycles. The fourth-order valence-electron chi connectivity index (χ4n) is 7.91. The molecule has 2 aliphatic carbocycles. The molecule has 3 aliphatic heterocycles. The van der Waals surface area contributed by atoms with E-state index in [2.05, 4.69) is 18.0 Å². The molecule has 10 atom stereocenters. The van der Waals surface area contributed by atoms with Crippen molar-refractivity contribution in [3.05, 3.63) is 35.4 Å². The lowest BCUT2D eigenvalue weighted by molar-refractivity contribution is -0.313. The van der Waals surface area contributed by atoms with Crippen LogP contribution in [0.2, 0.25) is 0 Å². The minimum absolute atomic E-state index is 0.0407. The van der Waals surface area contributed by atoms with E-state index in [1.165, 1.54) is 6.92 Å². The Hall–Kier alpha value is -4.01. The Morgan fingerprint density at radius 1 is 0.891 bits per heavy atom. The third kappa shape index (κ3) is 5.21. The van der Waals surface area contributed by atoms with Gasteiger partial charge >= 0.3 is 29.8 Å². The SMILES string of the molecule is COC(=O)[C@H]1O[C@H](O[C@H]2C=C[C@H]3[C@H]4Cc5ccc(OC(C)=O)c6c5[C@@]3(CCN4C)[C@H]2O6)[C@H](OC(C)=O)[C@@H](OC(C)=O)[C@@H]1OC(C)=O. The number of ether oxygens (including phenoxy) is 8. The van der Waals surface area contributed by atoms with Crippen molar-refractivity contribution < 1.29 is 61.9 Å². The minimum Gasteiger partial charge on any atom is -0.482 e. The number of esters is 5. The Morgan fingerprint density at radius 3 is 2.22 bits per heavy atom. The molecule has 14 nitrogen and oxygen atoms in total. The first-order valence-corrected chi connectivity index (χ1v) is 15.2. The second-order valence-corrected chi connectivity index (χ2v) is 12.3. The zero-order chi connectivity index (χ0) is 33.1. The molecule has 0 N–H and O–H groups in total. The summed E-state index contributed by atoms with van der Waals surface area (Å²) in [4.78, 5) is 64.0. The number of benzene rings is 1. The van der Waals surface area contributed by atoms with Gasteiger partial charge in [-0.2, -0.15) is 0 Å². The van der Waals surface area contributed by atoms with Crippen molar-refractivity contribution in [2.75, 3.05) is 20.7 Å². The summed E-state index contributed by atoms with van der Waals surface area (Å²) in [5.41, 5.74) is 1.51. The summed E-state index contributed by atoms with van der Waals surface area (Å²) in [6.45, 7) is 5.48. The van der Waals surface area contributed by atoms with Gasteiger partial charge in [-0.15, -0.1) is 0 Å². The number of carbonyl (C=O) groups excluding carboxylic acids is 5. The standard InChI is InChI=1S/C32H37NO13/c1-14(34)40-21-9-7-18-13-20-19-8-10-22(29-32(19,11-12-33(20)5)23(18)24(21)45-29)44-31-28(43-17(4)37)26(42-16(3)36)25(41-15(2)35)27(46-31)30(38)39-6/h7-10,19-20,22,25-29,31H,11-13H2,1-6H3/t19-,20+,22-,25-,26-,27-,28+,29-,31-,32-/m0/s1. The van der Waals surface area contributed by atoms with Gasteiger partial charge in [0.05, 0.1) is 7.11 Å². The van der Waals surface area contributed by atoms with Gasteiger partial charge in [0.1, 0.15) is 12.2 Å². The zero-order valence-electron chi connectivity index (χ0n) is 26.4. The molecule has 1 aromatic rings. The average Bonchev–Trinajstić information content (AvgIpc) is 3.33. The van der Waals surface area contributed by atoms with Crippen LogP contribution in [0.4, 0.5) is 0 Å². The predicted molar refractivity (Wildman–Crippen MR) is 153 cm³/mol. The van der Waals surface area contributed by atoms with Crippen LogP contribution < -0.4 is 9.47 Å². The highest BCUT2D eigenvalue weighted by atomic mass is 16.7. The van der Waals surface area contributed by atoms with Crippen LogP contribution in [0, 0.1) is 5.92 Å². The van der Waals surface area contributed by atoms with E-state index in [4.69, 9.17) is 37.9 Å². The van der Waals surface area contributed by atoms with E-state index in [9.17, 15) is 24.0 Å². The molecular formula is C32H37NO13. The molecule has 1 aromatic carbocycles. The predicted octanol–water partition coefficient (Wildman–Crippen LogP) is 1.14. The number of methoxy groups -OCH3 is 1. The van der Waals surface area contributed by atoms with Crippen LogP contribution in [0.15, 0.2) is 24.3 Å². The maximum atomic E-state index is 12.9. The molecule has 2 bridgehead atoms. The maximum Gasteiger partial charge on any atom is 0.339 e. The van der Waals surface area contributed by atoms with Gasteiger partial charge in [-0.05, 0) is 38.1 Å². The Kier molecular flexibility index (Phi) is 8.32. The smallest absolute Gasteiger partial charge is 0.339 e. The molecular weight excluding hydrogens is 606 g/mol. The van der Waals surface area contributed by atoms with E-state index >= 15 is 0 Å². The molecule has 6 rings (SSSR count). The average molecular weight is 644 g/mol. The largest absolute Gasteiger partial charge is 0.482 e. The maximum absolute atomic E-state index is 12.9. The molecule has 248 valence electrons. The van der Waals surface area contributed by atoms with Gasteiger partial charge in [-0.25, -0.2) is 4.79 Å². The number of hydrogen-bond acceptors (Lipinski definition) is 14. The first kappa shape index (κ1) is 32.0. The topological polar surface area (TPSA) is 162 Å². The van der Waals surface area contributed by atoms with Crippen molar-refractivity contribution in [3.63, 3.8) is 0 Å². The van der Waals surface area contributed by atoms with Crippen molar-refractivity contribution >= 4 is 29.8 Å². The molecule has 1 spiro atoms. The fraction of sp³-hybridized carbons (Fsp3) is 0.594. The van der Waals surface area contributed by atoms with Gasteiger partial charge in [0.25, 0.3) is 0 Å². The van der Waals surface area contributed by atoms with Crippen LogP contribution in [-0.4, -0.2) is 104 Å². The van der Waals surface area contributed by atoms with E-state index in [-0.39, 0.29) is 12.0 Å². The summed E-state index contributed by atoms with van der Waals surface area (Å²) < 4.78 is 46.2. The van der Waals surface area contributed by atoms with Crippen molar-refractivity contribution in [1.82, 2.24) is 4.90 Å². The van der Waals surface area contributed by atoms with Crippen molar-refractivity contribution in [3.8, 4) is 11.5 Å². The van der Waals surface area contributed by atoms with Crippen molar-refractivity contribution in [2.45, 2.75) is 94.9 Å². The van der Waals surface area contributed by atoms with E-state index in [0.29, 0.717) is 17.9 Å². The molecule has 46 heavy (non-hydrogen) atoms. The quantitative estimate of drug-likeness (QED) is 0.180. The Labute approximate surface area is 265 Å². The third-order valence-corrected chi connectivity index (χ3v) is 9.49. The lowest BCUT2D eigenvalue weighted by Crippen LogP contribution is -2.67. The Bertz CT molecular complexity index is 1490. The summed E-state index contributed by atoms with van der Waals surface area (Å²) in [6.07, 6.45) is -3.61. The lowest BCUT2D eigenvalue weighted by atomic mass is 9.53. The van der Waals surface area contributed by atoms with E-state index in [1.807, 2.05) is 12.1 Å². The number of carbonyl (C=O) groups is 5. The van der Waals surface area contributed by atoms with Crippen molar-refractivity contribution in [2.24, 2.45) is 5.92 Å². The number of rotatable bonds is 7. The van der Waals surface area contributed by atoms with Gasteiger partial charge in [0.15, 0.2) is 35.9 Å². The van der Waals surface area contributed by atoms with E-state index < -0.39 is 78.2 Å². The molecule has 0 unspecified atom stereocenters. The van der Waals surface area contributed by atoms with Crippen LogP contribution in [-0.2, 0) is 64.2 Å². The fourth-order valence-corrected chi connectivity index (χ4v) is 7.91. The van der Waals surface area contributed by atoms with Gasteiger partial charge < -0.3 is 42.8 Å². The Balaban J connectivity index is 1.42. The highest BCUT2D eigenvalue weighted by molar-refractivity contribution is 5.77. The highest BCUT2D eigenvalue weighted by Crippen LogP contribution is 2.63. The third-order valence-electron chi connectivity index (χ3n) is 9.49. The van der Waals surface area contributed by atoms with Crippen molar-refractivity contribution in [1.29, 1.82) is 0 Å². The molecule has 2 fully saturated rings. The first-order chi connectivity index (χ1) is 21.8. The van der Waals surface area contributed by atoms with Crippen LogP contribution in [0.3, 0.4) is 0 Å².